The predicted octanol–water partition coefficient (Wildman–Crippen LogP) is 4.67. The quantitative estimate of drug-likeness (QED) is 0.561. The number of sulfonamides is 1. The van der Waals surface area contributed by atoms with Gasteiger partial charge < -0.3 is 10.1 Å². The van der Waals surface area contributed by atoms with Crippen molar-refractivity contribution < 1.29 is 22.3 Å². The van der Waals surface area contributed by atoms with Crippen LogP contribution in [0.1, 0.15) is 27.0 Å². The summed E-state index contributed by atoms with van der Waals surface area (Å²) in [6.45, 7) is 3.80. The smallest absolute Gasteiger partial charge is 0.255 e. The largest absolute Gasteiger partial charge is 0.496 e. The zero-order valence-corrected chi connectivity index (χ0v) is 19.2. The van der Waals surface area contributed by atoms with Gasteiger partial charge in [0.2, 0.25) is 10.0 Å². The topological polar surface area (TPSA) is 75.7 Å². The van der Waals surface area contributed by atoms with Crippen molar-refractivity contribution in [3.05, 3.63) is 88.7 Å². The lowest BCUT2D eigenvalue weighted by Gasteiger charge is -2.24. The van der Waals surface area contributed by atoms with Gasteiger partial charge in [0.1, 0.15) is 11.6 Å². The molecule has 0 bridgehead atoms. The molecule has 1 amide bonds. The summed E-state index contributed by atoms with van der Waals surface area (Å²) in [6, 6.07) is 15.7. The van der Waals surface area contributed by atoms with Gasteiger partial charge in [-0.2, -0.15) is 0 Å². The summed E-state index contributed by atoms with van der Waals surface area (Å²) in [5.41, 5.74) is 3.88. The molecule has 0 radical (unpaired) electrons. The van der Waals surface area contributed by atoms with Crippen molar-refractivity contribution >= 4 is 27.3 Å². The predicted molar refractivity (Wildman–Crippen MR) is 124 cm³/mol. The van der Waals surface area contributed by atoms with Gasteiger partial charge in [-0.15, -0.1) is 0 Å². The van der Waals surface area contributed by atoms with Crippen molar-refractivity contribution in [2.24, 2.45) is 0 Å². The lowest BCUT2D eigenvalue weighted by Crippen LogP contribution is -2.29. The molecular weight excluding hydrogens is 431 g/mol. The maximum atomic E-state index is 13.3. The first-order valence-electron chi connectivity index (χ1n) is 9.87. The molecule has 0 spiro atoms. The van der Waals surface area contributed by atoms with E-state index in [1.165, 1.54) is 31.4 Å². The number of ether oxygens (including phenoxy) is 1. The number of anilines is 2. The number of carbonyl (C=O) groups is 1. The molecule has 3 rings (SSSR count). The molecule has 0 aliphatic rings. The summed E-state index contributed by atoms with van der Waals surface area (Å²) < 4.78 is 44.8. The van der Waals surface area contributed by atoms with E-state index in [4.69, 9.17) is 4.74 Å². The third-order valence-electron chi connectivity index (χ3n) is 5.00. The number of aryl methyl sites for hydroxylation is 2. The zero-order valence-electron chi connectivity index (χ0n) is 18.3. The Morgan fingerprint density at radius 1 is 1.03 bits per heavy atom. The summed E-state index contributed by atoms with van der Waals surface area (Å²) in [6.07, 6.45) is 1.07. The maximum Gasteiger partial charge on any atom is 0.255 e. The fraction of sp³-hybridized carbons (Fsp3) is 0.208. The van der Waals surface area contributed by atoms with Crippen LogP contribution in [0.4, 0.5) is 15.8 Å². The van der Waals surface area contributed by atoms with Crippen molar-refractivity contribution in [2.45, 2.75) is 20.4 Å². The van der Waals surface area contributed by atoms with Gasteiger partial charge in [0.15, 0.2) is 0 Å². The second-order valence-corrected chi connectivity index (χ2v) is 9.45. The van der Waals surface area contributed by atoms with E-state index in [-0.39, 0.29) is 12.5 Å². The molecule has 0 saturated carbocycles. The van der Waals surface area contributed by atoms with E-state index in [0.29, 0.717) is 28.3 Å². The zero-order chi connectivity index (χ0) is 23.5. The molecule has 0 heterocycles. The Bertz CT molecular complexity index is 1240. The molecule has 0 fully saturated rings. The minimum Gasteiger partial charge on any atom is -0.496 e. The maximum absolute atomic E-state index is 13.3. The lowest BCUT2D eigenvalue weighted by molar-refractivity contribution is 0.102. The second kappa shape index (κ2) is 9.40. The van der Waals surface area contributed by atoms with Crippen LogP contribution in [-0.4, -0.2) is 27.7 Å². The molecule has 6 nitrogen and oxygen atoms in total. The number of methoxy groups -OCH3 is 1. The van der Waals surface area contributed by atoms with Crippen LogP contribution in [0, 0.1) is 19.7 Å². The van der Waals surface area contributed by atoms with Crippen LogP contribution in [0.2, 0.25) is 0 Å². The first-order chi connectivity index (χ1) is 15.1. The number of nitrogens with one attached hydrogen (secondary N) is 1. The monoisotopic (exact) mass is 456 g/mol. The van der Waals surface area contributed by atoms with Crippen molar-refractivity contribution in [3.63, 3.8) is 0 Å². The fourth-order valence-electron chi connectivity index (χ4n) is 3.35. The van der Waals surface area contributed by atoms with Crippen molar-refractivity contribution in [3.8, 4) is 5.75 Å². The Labute approximate surface area is 187 Å². The van der Waals surface area contributed by atoms with E-state index >= 15 is 0 Å². The molecule has 3 aromatic carbocycles. The molecule has 0 atom stereocenters. The van der Waals surface area contributed by atoms with Crippen LogP contribution >= 0.6 is 0 Å². The highest BCUT2D eigenvalue weighted by Gasteiger charge is 2.21. The van der Waals surface area contributed by atoms with Gasteiger partial charge in [-0.25, -0.2) is 12.8 Å². The average molecular weight is 457 g/mol. The minimum atomic E-state index is -3.69. The molecule has 0 aliphatic carbocycles. The van der Waals surface area contributed by atoms with E-state index in [9.17, 15) is 17.6 Å². The van der Waals surface area contributed by atoms with Gasteiger partial charge in [0.05, 0.1) is 25.6 Å². The van der Waals surface area contributed by atoms with E-state index in [1.807, 2.05) is 32.0 Å². The highest BCUT2D eigenvalue weighted by atomic mass is 32.2. The molecule has 8 heteroatoms. The van der Waals surface area contributed by atoms with Crippen LogP contribution in [0.15, 0.2) is 60.7 Å². The van der Waals surface area contributed by atoms with E-state index in [1.54, 1.807) is 18.2 Å². The number of rotatable bonds is 7. The SMILES string of the molecule is COc1ccc(C(=O)Nc2ccc(C)cc2C)cc1CN(c1ccc(F)cc1)S(C)(=O)=O. The first kappa shape index (κ1) is 23.3. The molecule has 0 unspecified atom stereocenters. The Balaban J connectivity index is 1.94. The molecule has 1 N–H and O–H groups in total. The summed E-state index contributed by atoms with van der Waals surface area (Å²) >= 11 is 0. The normalized spacial score (nSPS) is 11.2. The minimum absolute atomic E-state index is 0.0850. The van der Waals surface area contributed by atoms with Gasteiger partial charge in [0, 0.05) is 16.8 Å². The molecule has 0 aromatic heterocycles. The summed E-state index contributed by atoms with van der Waals surface area (Å²) in [5.74, 6) is -0.359. The standard InChI is InChI=1S/C24H25FN2O4S/c1-16-5-11-22(17(2)13-16)26-24(28)18-6-12-23(31-3)19(14-18)15-27(32(4,29)30)21-9-7-20(25)8-10-21/h5-14H,15H2,1-4H3,(H,26,28). The van der Waals surface area contributed by atoms with Gasteiger partial charge in [-0.05, 0) is 67.9 Å². The van der Waals surface area contributed by atoms with Crippen LogP contribution in [0.5, 0.6) is 5.75 Å². The number of amides is 1. The molecule has 3 aromatic rings. The highest BCUT2D eigenvalue weighted by molar-refractivity contribution is 7.92. The first-order valence-corrected chi connectivity index (χ1v) is 11.7. The average Bonchev–Trinajstić information content (AvgIpc) is 2.73. The lowest BCUT2D eigenvalue weighted by atomic mass is 10.1. The third-order valence-corrected chi connectivity index (χ3v) is 6.14. The number of nitrogens with zero attached hydrogens (tertiary/aromatic N) is 1. The van der Waals surface area contributed by atoms with E-state index in [0.717, 1.165) is 21.7 Å². The summed E-state index contributed by atoms with van der Waals surface area (Å²) in [4.78, 5) is 12.9. The van der Waals surface area contributed by atoms with Gasteiger partial charge >= 0.3 is 0 Å². The summed E-state index contributed by atoms with van der Waals surface area (Å²) in [7, 11) is -2.22. The number of carbonyl (C=O) groups excluding carboxylic acids is 1. The highest BCUT2D eigenvalue weighted by Crippen LogP contribution is 2.27. The molecule has 0 aliphatic heterocycles. The molecule has 0 saturated heterocycles. The van der Waals surface area contributed by atoms with Crippen LogP contribution in [-0.2, 0) is 16.6 Å². The van der Waals surface area contributed by atoms with Crippen molar-refractivity contribution in [1.29, 1.82) is 0 Å². The number of benzene rings is 3. The molecule has 32 heavy (non-hydrogen) atoms. The van der Waals surface area contributed by atoms with E-state index < -0.39 is 15.8 Å². The van der Waals surface area contributed by atoms with Gasteiger partial charge in [-0.1, -0.05) is 17.7 Å². The Hall–Kier alpha value is -3.39. The second-order valence-electron chi connectivity index (χ2n) is 7.55. The van der Waals surface area contributed by atoms with Crippen molar-refractivity contribution in [2.75, 3.05) is 23.0 Å². The summed E-state index contributed by atoms with van der Waals surface area (Å²) in [5, 5.41) is 2.89. The number of halogens is 1. The third kappa shape index (κ3) is 5.45. The molecular formula is C24H25FN2O4S. The van der Waals surface area contributed by atoms with Gasteiger partial charge in [0.25, 0.3) is 5.91 Å². The van der Waals surface area contributed by atoms with Crippen LogP contribution in [0.25, 0.3) is 0 Å². The Morgan fingerprint density at radius 2 is 1.72 bits per heavy atom. The Kier molecular flexibility index (Phi) is 6.84. The van der Waals surface area contributed by atoms with Gasteiger partial charge in [-0.3, -0.25) is 9.10 Å². The number of hydrogen-bond acceptors (Lipinski definition) is 4. The fourth-order valence-corrected chi connectivity index (χ4v) is 4.23. The number of hydrogen-bond donors (Lipinski definition) is 1. The van der Waals surface area contributed by atoms with E-state index in [2.05, 4.69) is 5.32 Å². The van der Waals surface area contributed by atoms with Crippen LogP contribution < -0.4 is 14.4 Å². The Morgan fingerprint density at radius 3 is 2.31 bits per heavy atom. The van der Waals surface area contributed by atoms with Crippen LogP contribution in [0.3, 0.4) is 0 Å². The van der Waals surface area contributed by atoms with Crippen molar-refractivity contribution in [1.82, 2.24) is 0 Å². The molecule has 168 valence electrons.